The van der Waals surface area contributed by atoms with Crippen LogP contribution in [0.15, 0.2) is 71.1 Å². The summed E-state index contributed by atoms with van der Waals surface area (Å²) in [5.74, 6) is 0.0911. The monoisotopic (exact) mass is 349 g/mol. The highest BCUT2D eigenvalue weighted by Gasteiger charge is 2.15. The number of carboxylic acid groups (broad SMARTS) is 1. The summed E-state index contributed by atoms with van der Waals surface area (Å²) in [7, 11) is 0. The van der Waals surface area contributed by atoms with Crippen molar-refractivity contribution < 1.29 is 14.3 Å². The summed E-state index contributed by atoms with van der Waals surface area (Å²) >= 11 is 6.21. The van der Waals surface area contributed by atoms with E-state index in [0.717, 1.165) is 5.56 Å². The minimum Gasteiger partial charge on any atom is -0.478 e. The van der Waals surface area contributed by atoms with Crippen LogP contribution in [0, 0.1) is 0 Å². The molecule has 25 heavy (non-hydrogen) atoms. The van der Waals surface area contributed by atoms with Gasteiger partial charge in [0.05, 0.1) is 16.1 Å². The lowest BCUT2D eigenvalue weighted by Gasteiger charge is -2.05. The lowest BCUT2D eigenvalue weighted by molar-refractivity contribution is 0.0699. The molecule has 4 aromatic rings. The highest BCUT2D eigenvalue weighted by molar-refractivity contribution is 6.33. The number of aromatic nitrogens is 1. The van der Waals surface area contributed by atoms with Crippen molar-refractivity contribution >= 4 is 28.5 Å². The molecule has 1 N–H and O–H groups in total. The summed E-state index contributed by atoms with van der Waals surface area (Å²) in [6, 6.07) is 19.6. The molecular formula is C20H12ClNO3. The number of carboxylic acids is 1. The van der Waals surface area contributed by atoms with Crippen molar-refractivity contribution in [2.45, 2.75) is 0 Å². The third kappa shape index (κ3) is 2.77. The van der Waals surface area contributed by atoms with Gasteiger partial charge in [0.2, 0.25) is 0 Å². The van der Waals surface area contributed by atoms with Gasteiger partial charge in [0.15, 0.2) is 5.76 Å². The maximum Gasteiger partial charge on any atom is 0.336 e. The Morgan fingerprint density at radius 2 is 1.68 bits per heavy atom. The second kappa shape index (κ2) is 6.07. The fourth-order valence-corrected chi connectivity index (χ4v) is 2.99. The number of nitrogens with zero attached hydrogens (tertiary/aromatic N) is 1. The Morgan fingerprint density at radius 1 is 0.960 bits per heavy atom. The molecule has 4 rings (SSSR count). The second-order valence-electron chi connectivity index (χ2n) is 5.52. The minimum atomic E-state index is -1.00. The molecular weight excluding hydrogens is 338 g/mol. The van der Waals surface area contributed by atoms with E-state index in [1.165, 1.54) is 6.07 Å². The SMILES string of the molecule is O=C(O)c1cc(-c2ccc(-c3ccccc3Cl)o2)nc2ccccc12. The van der Waals surface area contributed by atoms with Crippen molar-refractivity contribution in [2.75, 3.05) is 0 Å². The van der Waals surface area contributed by atoms with Crippen LogP contribution in [0.3, 0.4) is 0 Å². The highest BCUT2D eigenvalue weighted by atomic mass is 35.5. The van der Waals surface area contributed by atoms with E-state index in [9.17, 15) is 9.90 Å². The first-order chi connectivity index (χ1) is 12.1. The Labute approximate surface area is 148 Å². The van der Waals surface area contributed by atoms with E-state index in [0.29, 0.717) is 33.1 Å². The number of benzene rings is 2. The number of carbonyl (C=O) groups is 1. The Balaban J connectivity index is 1.86. The van der Waals surface area contributed by atoms with Gasteiger partial charge in [-0.2, -0.15) is 0 Å². The summed E-state index contributed by atoms with van der Waals surface area (Å²) < 4.78 is 5.88. The van der Waals surface area contributed by atoms with Crippen LogP contribution >= 0.6 is 11.6 Å². The summed E-state index contributed by atoms with van der Waals surface area (Å²) in [4.78, 5) is 16.1. The third-order valence-corrected chi connectivity index (χ3v) is 4.27. The van der Waals surface area contributed by atoms with Crippen LogP contribution in [0.25, 0.3) is 33.7 Å². The summed E-state index contributed by atoms with van der Waals surface area (Å²) in [6.07, 6.45) is 0. The molecule has 122 valence electrons. The van der Waals surface area contributed by atoms with Crippen molar-refractivity contribution in [3.63, 3.8) is 0 Å². The molecule has 0 aliphatic rings. The molecule has 2 aromatic carbocycles. The van der Waals surface area contributed by atoms with Crippen molar-refractivity contribution in [2.24, 2.45) is 0 Å². The molecule has 4 nitrogen and oxygen atoms in total. The van der Waals surface area contributed by atoms with E-state index in [2.05, 4.69) is 4.98 Å². The van der Waals surface area contributed by atoms with Crippen molar-refractivity contribution in [3.05, 3.63) is 77.3 Å². The van der Waals surface area contributed by atoms with Gasteiger partial charge in [0.1, 0.15) is 11.5 Å². The number of hydrogen-bond acceptors (Lipinski definition) is 3. The molecule has 0 unspecified atom stereocenters. The Morgan fingerprint density at radius 3 is 2.48 bits per heavy atom. The summed E-state index contributed by atoms with van der Waals surface area (Å²) in [5.41, 5.74) is 2.04. The molecule has 0 atom stereocenters. The van der Waals surface area contributed by atoms with E-state index < -0.39 is 5.97 Å². The van der Waals surface area contributed by atoms with Crippen LogP contribution in [0.4, 0.5) is 0 Å². The van der Waals surface area contributed by atoms with Crippen LogP contribution in [-0.2, 0) is 0 Å². The van der Waals surface area contributed by atoms with Gasteiger partial charge in [0, 0.05) is 10.9 Å². The maximum atomic E-state index is 11.6. The third-order valence-electron chi connectivity index (χ3n) is 3.94. The lowest BCUT2D eigenvalue weighted by Crippen LogP contribution is -1.99. The zero-order valence-electron chi connectivity index (χ0n) is 12.9. The number of hydrogen-bond donors (Lipinski definition) is 1. The molecule has 0 aliphatic heterocycles. The van der Waals surface area contributed by atoms with Crippen LogP contribution in [-0.4, -0.2) is 16.1 Å². The quantitative estimate of drug-likeness (QED) is 0.529. The molecule has 0 saturated carbocycles. The first-order valence-electron chi connectivity index (χ1n) is 7.61. The predicted octanol–water partition coefficient (Wildman–Crippen LogP) is 5.51. The summed E-state index contributed by atoms with van der Waals surface area (Å²) in [6.45, 7) is 0. The number of fused-ring (bicyclic) bond motifs is 1. The predicted molar refractivity (Wildman–Crippen MR) is 96.9 cm³/mol. The van der Waals surface area contributed by atoms with Crippen LogP contribution in [0.5, 0.6) is 0 Å². The van der Waals surface area contributed by atoms with Gasteiger partial charge in [0.25, 0.3) is 0 Å². The fourth-order valence-electron chi connectivity index (χ4n) is 2.76. The van der Waals surface area contributed by atoms with E-state index >= 15 is 0 Å². The normalized spacial score (nSPS) is 10.9. The zero-order chi connectivity index (χ0) is 17.4. The number of pyridine rings is 1. The summed E-state index contributed by atoms with van der Waals surface area (Å²) in [5, 5.41) is 10.7. The van der Waals surface area contributed by atoms with Gasteiger partial charge in [-0.1, -0.05) is 41.9 Å². The fraction of sp³-hybridized carbons (Fsp3) is 0. The van der Waals surface area contributed by atoms with Crippen molar-refractivity contribution in [1.29, 1.82) is 0 Å². The minimum absolute atomic E-state index is 0.191. The zero-order valence-corrected chi connectivity index (χ0v) is 13.7. The standard InChI is InChI=1S/C20H12ClNO3/c21-15-7-3-1-6-13(15)18-9-10-19(25-18)17-11-14(20(23)24)12-5-2-4-8-16(12)22-17/h1-11H,(H,23,24). The lowest BCUT2D eigenvalue weighted by atomic mass is 10.1. The average Bonchev–Trinajstić information content (AvgIpc) is 3.11. The number of rotatable bonds is 3. The molecule has 0 aliphatic carbocycles. The molecule has 0 radical (unpaired) electrons. The molecule has 0 spiro atoms. The average molecular weight is 350 g/mol. The number of halogens is 1. The Hall–Kier alpha value is -3.11. The Bertz CT molecular complexity index is 1100. The first-order valence-corrected chi connectivity index (χ1v) is 7.99. The van der Waals surface area contributed by atoms with E-state index in [-0.39, 0.29) is 5.56 Å². The van der Waals surface area contributed by atoms with Gasteiger partial charge in [-0.3, -0.25) is 0 Å². The van der Waals surface area contributed by atoms with Crippen LogP contribution in [0.1, 0.15) is 10.4 Å². The van der Waals surface area contributed by atoms with E-state index in [1.807, 2.05) is 24.3 Å². The van der Waals surface area contributed by atoms with Crippen LogP contribution in [0.2, 0.25) is 5.02 Å². The van der Waals surface area contributed by atoms with Gasteiger partial charge in [-0.15, -0.1) is 0 Å². The smallest absolute Gasteiger partial charge is 0.336 e. The molecule has 5 heteroatoms. The number of furan rings is 1. The topological polar surface area (TPSA) is 63.3 Å². The van der Waals surface area contributed by atoms with Crippen molar-refractivity contribution in [3.8, 4) is 22.8 Å². The van der Waals surface area contributed by atoms with Gasteiger partial charge in [-0.25, -0.2) is 9.78 Å². The van der Waals surface area contributed by atoms with E-state index in [4.69, 9.17) is 16.0 Å². The largest absolute Gasteiger partial charge is 0.478 e. The van der Waals surface area contributed by atoms with Gasteiger partial charge in [-0.05, 0) is 36.4 Å². The second-order valence-corrected chi connectivity index (χ2v) is 5.93. The molecule has 0 bridgehead atoms. The molecule has 2 aromatic heterocycles. The molecule has 0 saturated heterocycles. The van der Waals surface area contributed by atoms with E-state index in [1.54, 1.807) is 36.4 Å². The molecule has 0 amide bonds. The molecule has 0 fully saturated rings. The van der Waals surface area contributed by atoms with Gasteiger partial charge < -0.3 is 9.52 Å². The first kappa shape index (κ1) is 15.4. The maximum absolute atomic E-state index is 11.6. The number of aromatic carboxylic acids is 1. The Kier molecular flexibility index (Phi) is 3.75. The number of para-hydroxylation sites is 1. The highest BCUT2D eigenvalue weighted by Crippen LogP contribution is 2.33. The van der Waals surface area contributed by atoms with Crippen molar-refractivity contribution in [1.82, 2.24) is 4.98 Å². The van der Waals surface area contributed by atoms with Crippen LogP contribution < -0.4 is 0 Å². The molecule has 2 heterocycles. The van der Waals surface area contributed by atoms with Gasteiger partial charge >= 0.3 is 5.97 Å².